The highest BCUT2D eigenvalue weighted by Crippen LogP contribution is 2.34. The van der Waals surface area contributed by atoms with Gasteiger partial charge in [0.15, 0.2) is 17.5 Å². The Morgan fingerprint density at radius 3 is 2.36 bits per heavy atom. The van der Waals surface area contributed by atoms with Gasteiger partial charge in [0.05, 0.1) is 0 Å². The normalized spacial score (nSPS) is 13.8. The highest BCUT2D eigenvalue weighted by atomic mass is 19.2. The zero-order valence-corrected chi connectivity index (χ0v) is 12.0. The van der Waals surface area contributed by atoms with Crippen molar-refractivity contribution >= 4 is 11.6 Å². The van der Waals surface area contributed by atoms with Crippen LogP contribution in [0.25, 0.3) is 11.6 Å². The predicted molar refractivity (Wildman–Crippen MR) is 78.3 cm³/mol. The molecule has 22 heavy (non-hydrogen) atoms. The van der Waals surface area contributed by atoms with E-state index in [0.29, 0.717) is 17.6 Å². The zero-order valence-electron chi connectivity index (χ0n) is 12.0. The van der Waals surface area contributed by atoms with E-state index in [2.05, 4.69) is 0 Å². The van der Waals surface area contributed by atoms with Crippen LogP contribution >= 0.6 is 0 Å². The molecule has 3 rings (SSSR count). The van der Waals surface area contributed by atoms with Crippen LogP contribution in [-0.4, -0.2) is 0 Å². The van der Waals surface area contributed by atoms with Crippen LogP contribution in [0.2, 0.25) is 0 Å². The Balaban J connectivity index is 2.08. The molecule has 0 saturated heterocycles. The van der Waals surface area contributed by atoms with E-state index in [1.807, 2.05) is 13.0 Å². The van der Waals surface area contributed by atoms with Gasteiger partial charge in [0.1, 0.15) is 5.82 Å². The van der Waals surface area contributed by atoms with E-state index in [-0.39, 0.29) is 23.4 Å². The van der Waals surface area contributed by atoms with Crippen molar-refractivity contribution in [3.8, 4) is 0 Å². The summed E-state index contributed by atoms with van der Waals surface area (Å²) in [6, 6.07) is 5.95. The van der Waals surface area contributed by atoms with E-state index in [4.69, 9.17) is 0 Å². The molecule has 0 heterocycles. The van der Waals surface area contributed by atoms with Gasteiger partial charge in [-0.1, -0.05) is 25.1 Å². The van der Waals surface area contributed by atoms with Crippen molar-refractivity contribution in [2.75, 3.05) is 0 Å². The Morgan fingerprint density at radius 2 is 1.68 bits per heavy atom. The first-order chi connectivity index (χ1) is 10.5. The minimum absolute atomic E-state index is 0.147. The fraction of sp³-hybridized carbons (Fsp3) is 0.222. The van der Waals surface area contributed by atoms with E-state index in [1.165, 1.54) is 12.1 Å². The molecular formula is C18H14F4. The summed E-state index contributed by atoms with van der Waals surface area (Å²) in [6.07, 6.45) is 2.87. The standard InChI is InChI=1S/C18H14F4/c1-2-10-3-5-13(15(19)7-10)11-4-6-14-12(8-11)9-16(20)18(22)17(14)21/h3,5,7-9H,2,4,6H2,1H3. The van der Waals surface area contributed by atoms with Crippen LogP contribution in [0.5, 0.6) is 0 Å². The Kier molecular flexibility index (Phi) is 3.77. The molecule has 2 aromatic carbocycles. The van der Waals surface area contributed by atoms with E-state index in [0.717, 1.165) is 18.1 Å². The lowest BCUT2D eigenvalue weighted by Gasteiger charge is -2.18. The van der Waals surface area contributed by atoms with Crippen molar-refractivity contribution in [3.05, 3.63) is 69.8 Å². The van der Waals surface area contributed by atoms with Crippen molar-refractivity contribution in [1.29, 1.82) is 0 Å². The SMILES string of the molecule is CCc1ccc(C2=Cc3cc(F)c(F)c(F)c3CC2)c(F)c1. The van der Waals surface area contributed by atoms with Gasteiger partial charge in [-0.15, -0.1) is 0 Å². The van der Waals surface area contributed by atoms with Gasteiger partial charge < -0.3 is 0 Å². The van der Waals surface area contributed by atoms with Crippen molar-refractivity contribution in [1.82, 2.24) is 0 Å². The summed E-state index contributed by atoms with van der Waals surface area (Å²) in [4.78, 5) is 0. The van der Waals surface area contributed by atoms with Gasteiger partial charge in [-0.2, -0.15) is 0 Å². The summed E-state index contributed by atoms with van der Waals surface area (Å²) in [5.74, 6) is -4.17. The molecule has 0 spiro atoms. The average Bonchev–Trinajstić information content (AvgIpc) is 2.52. The molecule has 0 saturated carbocycles. The van der Waals surface area contributed by atoms with Gasteiger partial charge in [0.2, 0.25) is 0 Å². The molecule has 1 aliphatic rings. The lowest BCUT2D eigenvalue weighted by atomic mass is 9.87. The summed E-state index contributed by atoms with van der Waals surface area (Å²) in [7, 11) is 0. The Morgan fingerprint density at radius 1 is 0.909 bits per heavy atom. The Hall–Kier alpha value is -2.10. The molecule has 0 amide bonds. The molecule has 0 nitrogen and oxygen atoms in total. The van der Waals surface area contributed by atoms with Gasteiger partial charge in [-0.25, -0.2) is 17.6 Å². The molecule has 0 N–H and O–H groups in total. The van der Waals surface area contributed by atoms with E-state index < -0.39 is 17.5 Å². The molecule has 0 radical (unpaired) electrons. The second-order valence-corrected chi connectivity index (χ2v) is 5.39. The molecule has 2 aromatic rings. The van der Waals surface area contributed by atoms with Crippen LogP contribution in [0.3, 0.4) is 0 Å². The molecule has 0 atom stereocenters. The van der Waals surface area contributed by atoms with Gasteiger partial charge in [-0.05, 0) is 53.7 Å². The maximum Gasteiger partial charge on any atom is 0.194 e. The number of aryl methyl sites for hydroxylation is 1. The van der Waals surface area contributed by atoms with Gasteiger partial charge in [-0.3, -0.25) is 0 Å². The smallest absolute Gasteiger partial charge is 0.194 e. The Bertz CT molecular complexity index is 775. The number of rotatable bonds is 2. The molecule has 0 bridgehead atoms. The summed E-state index contributed by atoms with van der Waals surface area (Å²) < 4.78 is 54.5. The maximum absolute atomic E-state index is 14.2. The van der Waals surface area contributed by atoms with Crippen molar-refractivity contribution in [3.63, 3.8) is 0 Å². The summed E-state index contributed by atoms with van der Waals surface area (Å²) >= 11 is 0. The van der Waals surface area contributed by atoms with Crippen LogP contribution in [0.15, 0.2) is 24.3 Å². The molecular weight excluding hydrogens is 292 g/mol. The molecule has 0 aliphatic heterocycles. The second-order valence-electron chi connectivity index (χ2n) is 5.39. The van der Waals surface area contributed by atoms with Crippen LogP contribution in [0, 0.1) is 23.3 Å². The minimum Gasteiger partial charge on any atom is -0.206 e. The van der Waals surface area contributed by atoms with Crippen LogP contribution in [-0.2, 0) is 12.8 Å². The second kappa shape index (κ2) is 5.59. The highest BCUT2D eigenvalue weighted by Gasteiger charge is 2.22. The number of fused-ring (bicyclic) bond motifs is 1. The average molecular weight is 306 g/mol. The van der Waals surface area contributed by atoms with Gasteiger partial charge >= 0.3 is 0 Å². The lowest BCUT2D eigenvalue weighted by Crippen LogP contribution is -2.07. The van der Waals surface area contributed by atoms with E-state index in [1.54, 1.807) is 6.07 Å². The molecule has 0 fully saturated rings. The number of hydrogen-bond acceptors (Lipinski definition) is 0. The predicted octanol–water partition coefficient (Wildman–Crippen LogP) is 5.29. The van der Waals surface area contributed by atoms with E-state index in [9.17, 15) is 17.6 Å². The fourth-order valence-electron chi connectivity index (χ4n) is 2.80. The summed E-state index contributed by atoms with van der Waals surface area (Å²) in [5, 5.41) is 0. The summed E-state index contributed by atoms with van der Waals surface area (Å²) in [5.41, 5.74) is 2.40. The highest BCUT2D eigenvalue weighted by molar-refractivity contribution is 5.84. The number of halogens is 4. The van der Waals surface area contributed by atoms with Crippen molar-refractivity contribution in [2.45, 2.75) is 26.2 Å². The topological polar surface area (TPSA) is 0 Å². The molecule has 4 heteroatoms. The molecule has 1 aliphatic carbocycles. The van der Waals surface area contributed by atoms with E-state index >= 15 is 0 Å². The third-order valence-electron chi connectivity index (χ3n) is 4.06. The van der Waals surface area contributed by atoms with Crippen LogP contribution in [0.4, 0.5) is 17.6 Å². The van der Waals surface area contributed by atoms with Crippen molar-refractivity contribution in [2.24, 2.45) is 0 Å². The molecule has 0 unspecified atom stereocenters. The third-order valence-corrected chi connectivity index (χ3v) is 4.06. The zero-order chi connectivity index (χ0) is 15.9. The molecule has 0 aromatic heterocycles. The number of hydrogen-bond donors (Lipinski definition) is 0. The summed E-state index contributed by atoms with van der Waals surface area (Å²) in [6.45, 7) is 1.94. The quantitative estimate of drug-likeness (QED) is 0.522. The monoisotopic (exact) mass is 306 g/mol. The third kappa shape index (κ3) is 2.43. The van der Waals surface area contributed by atoms with Crippen LogP contribution in [0.1, 0.15) is 35.6 Å². The number of allylic oxidation sites excluding steroid dienone is 1. The fourth-order valence-corrected chi connectivity index (χ4v) is 2.80. The van der Waals surface area contributed by atoms with Crippen molar-refractivity contribution < 1.29 is 17.6 Å². The van der Waals surface area contributed by atoms with Crippen LogP contribution < -0.4 is 0 Å². The van der Waals surface area contributed by atoms with Gasteiger partial charge in [0.25, 0.3) is 0 Å². The Labute approximate surface area is 126 Å². The first-order valence-corrected chi connectivity index (χ1v) is 7.17. The number of benzene rings is 2. The minimum atomic E-state index is -1.45. The molecule has 114 valence electrons. The first-order valence-electron chi connectivity index (χ1n) is 7.17. The largest absolute Gasteiger partial charge is 0.206 e. The lowest BCUT2D eigenvalue weighted by molar-refractivity contribution is 0.440. The first kappa shape index (κ1) is 14.8. The van der Waals surface area contributed by atoms with Gasteiger partial charge in [0, 0.05) is 5.56 Å². The maximum atomic E-state index is 14.2.